The summed E-state index contributed by atoms with van der Waals surface area (Å²) in [6, 6.07) is 2.22. The minimum absolute atomic E-state index is 0.0613. The highest BCUT2D eigenvalue weighted by Crippen LogP contribution is 2.26. The van der Waals surface area contributed by atoms with Crippen LogP contribution < -0.4 is 5.32 Å². The molecule has 21 heavy (non-hydrogen) atoms. The Labute approximate surface area is 135 Å². The SMILES string of the molecule is Cc1cc(CCCC(=O)NCC2(O)CCSCC2)c(C)s1. The summed E-state index contributed by atoms with van der Waals surface area (Å²) >= 11 is 3.70. The van der Waals surface area contributed by atoms with Crippen LogP contribution in [0.2, 0.25) is 0 Å². The fraction of sp³-hybridized carbons (Fsp3) is 0.688. The van der Waals surface area contributed by atoms with Crippen molar-refractivity contribution in [3.63, 3.8) is 0 Å². The monoisotopic (exact) mass is 327 g/mol. The molecule has 2 heterocycles. The van der Waals surface area contributed by atoms with Crippen molar-refractivity contribution in [3.05, 3.63) is 21.4 Å². The Morgan fingerprint density at radius 2 is 2.10 bits per heavy atom. The maximum atomic E-state index is 11.9. The maximum Gasteiger partial charge on any atom is 0.220 e. The zero-order chi connectivity index (χ0) is 15.3. The summed E-state index contributed by atoms with van der Waals surface area (Å²) in [6.07, 6.45) is 3.94. The van der Waals surface area contributed by atoms with Crippen LogP contribution in [0.4, 0.5) is 0 Å². The number of carbonyl (C=O) groups excluding carboxylic acids is 1. The molecule has 1 aliphatic heterocycles. The number of rotatable bonds is 6. The van der Waals surface area contributed by atoms with E-state index in [1.807, 2.05) is 23.1 Å². The van der Waals surface area contributed by atoms with Crippen molar-refractivity contribution in [3.8, 4) is 0 Å². The Morgan fingerprint density at radius 1 is 1.38 bits per heavy atom. The minimum Gasteiger partial charge on any atom is -0.388 e. The van der Waals surface area contributed by atoms with Gasteiger partial charge in [0.1, 0.15) is 0 Å². The van der Waals surface area contributed by atoms with Gasteiger partial charge in [-0.15, -0.1) is 11.3 Å². The van der Waals surface area contributed by atoms with E-state index in [9.17, 15) is 9.90 Å². The van der Waals surface area contributed by atoms with Gasteiger partial charge in [0.2, 0.25) is 5.91 Å². The standard InChI is InChI=1S/C16H25NO2S2/c1-12-10-14(13(2)21-12)4-3-5-15(18)17-11-16(19)6-8-20-9-7-16/h10,19H,3-9,11H2,1-2H3,(H,17,18). The van der Waals surface area contributed by atoms with Crippen LogP contribution in [0, 0.1) is 13.8 Å². The van der Waals surface area contributed by atoms with E-state index in [-0.39, 0.29) is 5.91 Å². The molecule has 1 fully saturated rings. The molecule has 118 valence electrons. The highest BCUT2D eigenvalue weighted by Gasteiger charge is 2.29. The summed E-state index contributed by atoms with van der Waals surface area (Å²) in [5.74, 6) is 2.04. The van der Waals surface area contributed by atoms with Crippen molar-refractivity contribution in [1.82, 2.24) is 5.32 Å². The number of aliphatic hydroxyl groups is 1. The summed E-state index contributed by atoms with van der Waals surface area (Å²) in [4.78, 5) is 14.6. The third-order valence-electron chi connectivity index (χ3n) is 4.03. The summed E-state index contributed by atoms with van der Waals surface area (Å²) < 4.78 is 0. The Balaban J connectivity index is 1.66. The van der Waals surface area contributed by atoms with Crippen molar-refractivity contribution in [2.45, 2.75) is 51.6 Å². The molecule has 3 nitrogen and oxygen atoms in total. The maximum absolute atomic E-state index is 11.9. The van der Waals surface area contributed by atoms with E-state index in [4.69, 9.17) is 0 Å². The first-order chi connectivity index (χ1) is 9.98. The van der Waals surface area contributed by atoms with Crippen molar-refractivity contribution in [2.24, 2.45) is 0 Å². The van der Waals surface area contributed by atoms with Crippen molar-refractivity contribution >= 4 is 29.0 Å². The molecule has 0 spiro atoms. The lowest BCUT2D eigenvalue weighted by atomic mass is 9.97. The van der Waals surface area contributed by atoms with Crippen LogP contribution >= 0.6 is 23.1 Å². The number of hydrogen-bond acceptors (Lipinski definition) is 4. The normalized spacial score (nSPS) is 17.7. The number of thiophene rings is 1. The smallest absolute Gasteiger partial charge is 0.220 e. The first-order valence-electron chi connectivity index (χ1n) is 7.61. The molecule has 0 aromatic carbocycles. The minimum atomic E-state index is -0.679. The molecule has 1 aromatic heterocycles. The molecule has 0 unspecified atom stereocenters. The van der Waals surface area contributed by atoms with E-state index in [1.54, 1.807) is 0 Å². The van der Waals surface area contributed by atoms with Gasteiger partial charge in [-0.2, -0.15) is 11.8 Å². The quantitative estimate of drug-likeness (QED) is 0.844. The lowest BCUT2D eigenvalue weighted by Gasteiger charge is -2.31. The predicted molar refractivity (Wildman–Crippen MR) is 91.2 cm³/mol. The van der Waals surface area contributed by atoms with Crippen molar-refractivity contribution in [2.75, 3.05) is 18.1 Å². The van der Waals surface area contributed by atoms with Crippen molar-refractivity contribution < 1.29 is 9.90 Å². The Bertz CT molecular complexity index is 479. The summed E-state index contributed by atoms with van der Waals surface area (Å²) in [5.41, 5.74) is 0.690. The topological polar surface area (TPSA) is 49.3 Å². The summed E-state index contributed by atoms with van der Waals surface area (Å²) in [6.45, 7) is 4.67. The van der Waals surface area contributed by atoms with Crippen LogP contribution in [0.15, 0.2) is 6.07 Å². The molecule has 1 amide bonds. The fourth-order valence-electron chi connectivity index (χ4n) is 2.65. The van der Waals surface area contributed by atoms with Crippen LogP contribution in [0.5, 0.6) is 0 Å². The molecule has 0 aliphatic carbocycles. The molecule has 2 N–H and O–H groups in total. The number of thioether (sulfide) groups is 1. The van der Waals surface area contributed by atoms with E-state index in [1.165, 1.54) is 15.3 Å². The van der Waals surface area contributed by atoms with Crippen LogP contribution in [0.25, 0.3) is 0 Å². The Morgan fingerprint density at radius 3 is 2.71 bits per heavy atom. The van der Waals surface area contributed by atoms with Gasteiger partial charge < -0.3 is 10.4 Å². The summed E-state index contributed by atoms with van der Waals surface area (Å²) in [7, 11) is 0. The number of nitrogens with one attached hydrogen (secondary N) is 1. The number of carbonyl (C=O) groups is 1. The second-order valence-electron chi connectivity index (χ2n) is 5.91. The van der Waals surface area contributed by atoms with E-state index in [0.717, 1.165) is 37.2 Å². The van der Waals surface area contributed by atoms with Gasteiger partial charge in [0.05, 0.1) is 5.60 Å². The van der Waals surface area contributed by atoms with Crippen LogP contribution in [0.3, 0.4) is 0 Å². The number of aryl methyl sites for hydroxylation is 3. The molecule has 0 bridgehead atoms. The van der Waals surface area contributed by atoms with Gasteiger partial charge in [-0.05, 0) is 62.7 Å². The number of amides is 1. The molecule has 1 aromatic rings. The predicted octanol–water partition coefficient (Wildman–Crippen LogP) is 3.06. The molecule has 1 saturated heterocycles. The van der Waals surface area contributed by atoms with Gasteiger partial charge in [0.25, 0.3) is 0 Å². The zero-order valence-corrected chi connectivity index (χ0v) is 14.5. The van der Waals surface area contributed by atoms with E-state index >= 15 is 0 Å². The molecule has 5 heteroatoms. The fourth-order valence-corrected chi connectivity index (χ4v) is 4.88. The van der Waals surface area contributed by atoms with Gasteiger partial charge in [-0.25, -0.2) is 0 Å². The lowest BCUT2D eigenvalue weighted by Crippen LogP contribution is -2.45. The average Bonchev–Trinajstić information content (AvgIpc) is 2.76. The molecular formula is C16H25NO2S2. The van der Waals surface area contributed by atoms with E-state index in [0.29, 0.717) is 13.0 Å². The largest absolute Gasteiger partial charge is 0.388 e. The van der Waals surface area contributed by atoms with Crippen molar-refractivity contribution in [1.29, 1.82) is 0 Å². The van der Waals surface area contributed by atoms with Gasteiger partial charge in [-0.3, -0.25) is 4.79 Å². The van der Waals surface area contributed by atoms with Gasteiger partial charge in [0.15, 0.2) is 0 Å². The zero-order valence-electron chi connectivity index (χ0n) is 12.9. The molecule has 2 rings (SSSR count). The molecular weight excluding hydrogens is 302 g/mol. The van der Waals surface area contributed by atoms with E-state index < -0.39 is 5.60 Å². The first kappa shape index (κ1) is 16.8. The molecule has 1 aliphatic rings. The second kappa shape index (κ2) is 7.65. The lowest BCUT2D eigenvalue weighted by molar-refractivity contribution is -0.122. The van der Waals surface area contributed by atoms with Crippen LogP contribution in [-0.4, -0.2) is 34.7 Å². The Kier molecular flexibility index (Phi) is 6.14. The van der Waals surface area contributed by atoms with Gasteiger partial charge in [-0.1, -0.05) is 0 Å². The van der Waals surface area contributed by atoms with Gasteiger partial charge >= 0.3 is 0 Å². The second-order valence-corrected chi connectivity index (χ2v) is 8.59. The average molecular weight is 328 g/mol. The van der Waals surface area contributed by atoms with Gasteiger partial charge in [0, 0.05) is 22.7 Å². The third-order valence-corrected chi connectivity index (χ3v) is 6.03. The molecule has 0 saturated carbocycles. The number of hydrogen-bond donors (Lipinski definition) is 2. The Hall–Kier alpha value is -0.520. The first-order valence-corrected chi connectivity index (χ1v) is 9.58. The molecule has 0 atom stereocenters. The summed E-state index contributed by atoms with van der Waals surface area (Å²) in [5, 5.41) is 13.2. The third kappa shape index (κ3) is 5.31. The van der Waals surface area contributed by atoms with E-state index in [2.05, 4.69) is 25.2 Å². The van der Waals surface area contributed by atoms with Crippen LogP contribution in [-0.2, 0) is 11.2 Å². The molecule has 0 radical (unpaired) electrons. The van der Waals surface area contributed by atoms with Crippen LogP contribution in [0.1, 0.15) is 41.0 Å². The highest BCUT2D eigenvalue weighted by atomic mass is 32.2. The highest BCUT2D eigenvalue weighted by molar-refractivity contribution is 7.99.